The predicted octanol–water partition coefficient (Wildman–Crippen LogP) is 4.50. The maximum Gasteiger partial charge on any atom is 0.108 e. The molecule has 0 bridgehead atoms. The van der Waals surface area contributed by atoms with Crippen LogP contribution >= 0.6 is 0 Å². The van der Waals surface area contributed by atoms with E-state index in [1.165, 1.54) is 48.1 Å². The van der Waals surface area contributed by atoms with Gasteiger partial charge in [0.05, 0.1) is 6.26 Å². The van der Waals surface area contributed by atoms with Crippen molar-refractivity contribution in [1.82, 2.24) is 5.32 Å². The Morgan fingerprint density at radius 2 is 2.10 bits per heavy atom. The Morgan fingerprint density at radius 1 is 1.19 bits per heavy atom. The number of furan rings is 1. The van der Waals surface area contributed by atoms with Crippen molar-refractivity contribution in [3.05, 3.63) is 59.0 Å². The van der Waals surface area contributed by atoms with Crippen molar-refractivity contribution in [3.8, 4) is 0 Å². The summed E-state index contributed by atoms with van der Waals surface area (Å²) >= 11 is 0. The summed E-state index contributed by atoms with van der Waals surface area (Å²) in [5.74, 6) is 1.95. The van der Waals surface area contributed by atoms with Crippen LogP contribution in [0.1, 0.15) is 60.1 Å². The molecule has 2 aliphatic rings. The molecular formula is C19H23NO. The lowest BCUT2D eigenvalue weighted by atomic mass is 9.75. The third-order valence-electron chi connectivity index (χ3n) is 5.14. The number of fused-ring (bicyclic) bond motifs is 1. The minimum atomic E-state index is 0.510. The first kappa shape index (κ1) is 13.1. The molecule has 1 unspecified atom stereocenters. The number of nitrogens with one attached hydrogen (secondary N) is 1. The lowest BCUT2D eigenvalue weighted by Crippen LogP contribution is -2.42. The van der Waals surface area contributed by atoms with Crippen LogP contribution in [0.15, 0.2) is 41.0 Å². The maximum absolute atomic E-state index is 5.58. The lowest BCUT2D eigenvalue weighted by molar-refractivity contribution is 0.252. The van der Waals surface area contributed by atoms with E-state index in [9.17, 15) is 0 Å². The molecule has 0 radical (unpaired) electrons. The molecule has 1 heterocycles. The van der Waals surface area contributed by atoms with Gasteiger partial charge in [0, 0.05) is 24.1 Å². The summed E-state index contributed by atoms with van der Waals surface area (Å²) in [4.78, 5) is 0. The Labute approximate surface area is 126 Å². The van der Waals surface area contributed by atoms with Gasteiger partial charge >= 0.3 is 0 Å². The molecule has 1 atom stereocenters. The van der Waals surface area contributed by atoms with Gasteiger partial charge in [0.1, 0.15) is 5.76 Å². The Morgan fingerprint density at radius 3 is 2.95 bits per heavy atom. The monoisotopic (exact) mass is 281 g/mol. The standard InChI is InChI=1S/C19H23NO/c1-13-4-2-5-14(10-13)15-11-16(12-15)20-18-6-3-7-19-17(18)8-9-21-19/h2,4-5,8-10,15-16,18,20H,3,6-7,11-12H2,1H3. The second-order valence-corrected chi connectivity index (χ2v) is 6.69. The van der Waals surface area contributed by atoms with Crippen molar-refractivity contribution >= 4 is 0 Å². The molecule has 1 aromatic carbocycles. The van der Waals surface area contributed by atoms with Gasteiger partial charge in [0.2, 0.25) is 0 Å². The highest BCUT2D eigenvalue weighted by Crippen LogP contribution is 2.40. The van der Waals surface area contributed by atoms with Gasteiger partial charge in [-0.25, -0.2) is 0 Å². The summed E-state index contributed by atoms with van der Waals surface area (Å²) < 4.78 is 5.58. The molecule has 110 valence electrons. The number of rotatable bonds is 3. The summed E-state index contributed by atoms with van der Waals surface area (Å²) in [5.41, 5.74) is 4.29. The second kappa shape index (κ2) is 5.34. The lowest BCUT2D eigenvalue weighted by Gasteiger charge is -2.39. The van der Waals surface area contributed by atoms with Gasteiger partial charge < -0.3 is 9.73 Å². The minimum absolute atomic E-state index is 0.510. The molecule has 2 heteroatoms. The SMILES string of the molecule is Cc1cccc(C2CC(NC3CCCc4occc43)C2)c1. The molecular weight excluding hydrogens is 258 g/mol. The summed E-state index contributed by atoms with van der Waals surface area (Å²) in [7, 11) is 0. The van der Waals surface area contributed by atoms with E-state index in [4.69, 9.17) is 4.42 Å². The number of hydrogen-bond acceptors (Lipinski definition) is 2. The van der Waals surface area contributed by atoms with Crippen molar-refractivity contribution in [2.75, 3.05) is 0 Å². The van der Waals surface area contributed by atoms with E-state index < -0.39 is 0 Å². The van der Waals surface area contributed by atoms with Gasteiger partial charge in [-0.3, -0.25) is 0 Å². The molecule has 2 nitrogen and oxygen atoms in total. The van der Waals surface area contributed by atoms with Crippen molar-refractivity contribution < 1.29 is 4.42 Å². The average Bonchev–Trinajstić information content (AvgIpc) is 2.91. The van der Waals surface area contributed by atoms with Gasteiger partial charge in [-0.2, -0.15) is 0 Å². The molecule has 0 amide bonds. The summed E-state index contributed by atoms with van der Waals surface area (Å²) in [6, 6.07) is 12.3. The van der Waals surface area contributed by atoms with Crippen molar-refractivity contribution in [1.29, 1.82) is 0 Å². The zero-order valence-corrected chi connectivity index (χ0v) is 12.6. The van der Waals surface area contributed by atoms with Crippen LogP contribution in [0.4, 0.5) is 0 Å². The zero-order chi connectivity index (χ0) is 14.2. The Balaban J connectivity index is 1.37. The summed E-state index contributed by atoms with van der Waals surface area (Å²) in [6.07, 6.45) is 7.99. The average molecular weight is 281 g/mol. The first-order chi connectivity index (χ1) is 10.3. The minimum Gasteiger partial charge on any atom is -0.469 e. The third-order valence-corrected chi connectivity index (χ3v) is 5.14. The number of benzene rings is 1. The molecule has 2 aromatic rings. The smallest absolute Gasteiger partial charge is 0.108 e. The van der Waals surface area contributed by atoms with Crippen LogP contribution in [0.3, 0.4) is 0 Å². The Kier molecular flexibility index (Phi) is 3.34. The Hall–Kier alpha value is -1.54. The summed E-state index contributed by atoms with van der Waals surface area (Å²) in [5, 5.41) is 3.85. The van der Waals surface area contributed by atoms with Crippen molar-refractivity contribution in [2.24, 2.45) is 0 Å². The van der Waals surface area contributed by atoms with E-state index >= 15 is 0 Å². The molecule has 2 aliphatic carbocycles. The van der Waals surface area contributed by atoms with Crippen LogP contribution in [-0.2, 0) is 6.42 Å². The molecule has 0 aliphatic heterocycles. The van der Waals surface area contributed by atoms with Crippen LogP contribution in [-0.4, -0.2) is 6.04 Å². The van der Waals surface area contributed by atoms with Gasteiger partial charge in [0.25, 0.3) is 0 Å². The molecule has 1 saturated carbocycles. The molecule has 1 fully saturated rings. The molecule has 4 rings (SSSR count). The fraction of sp³-hybridized carbons (Fsp3) is 0.474. The largest absolute Gasteiger partial charge is 0.469 e. The predicted molar refractivity (Wildman–Crippen MR) is 84.5 cm³/mol. The van der Waals surface area contributed by atoms with Crippen LogP contribution < -0.4 is 5.32 Å². The van der Waals surface area contributed by atoms with Crippen molar-refractivity contribution in [2.45, 2.75) is 57.0 Å². The van der Waals surface area contributed by atoms with E-state index in [1.807, 2.05) is 6.26 Å². The van der Waals surface area contributed by atoms with Crippen molar-refractivity contribution in [3.63, 3.8) is 0 Å². The first-order valence-corrected chi connectivity index (χ1v) is 8.18. The fourth-order valence-electron chi connectivity index (χ4n) is 3.89. The van der Waals surface area contributed by atoms with Gasteiger partial charge in [-0.05, 0) is 50.2 Å². The second-order valence-electron chi connectivity index (χ2n) is 6.69. The van der Waals surface area contributed by atoms with Crippen LogP contribution in [0.25, 0.3) is 0 Å². The van der Waals surface area contributed by atoms with E-state index in [2.05, 4.69) is 42.6 Å². The normalized spacial score (nSPS) is 28.0. The highest BCUT2D eigenvalue weighted by Gasteiger charge is 2.33. The summed E-state index contributed by atoms with van der Waals surface area (Å²) in [6.45, 7) is 2.18. The van der Waals surface area contributed by atoms with E-state index in [0.29, 0.717) is 12.1 Å². The Bertz CT molecular complexity index is 624. The molecule has 1 N–H and O–H groups in total. The van der Waals surface area contributed by atoms with Gasteiger partial charge in [-0.1, -0.05) is 29.8 Å². The van der Waals surface area contributed by atoms with E-state index in [1.54, 1.807) is 0 Å². The van der Waals surface area contributed by atoms with E-state index in [0.717, 1.165) is 12.3 Å². The quantitative estimate of drug-likeness (QED) is 0.896. The molecule has 21 heavy (non-hydrogen) atoms. The molecule has 1 aromatic heterocycles. The van der Waals surface area contributed by atoms with Crippen LogP contribution in [0, 0.1) is 6.92 Å². The maximum atomic E-state index is 5.58. The van der Waals surface area contributed by atoms with Crippen LogP contribution in [0.5, 0.6) is 0 Å². The molecule has 0 saturated heterocycles. The molecule has 0 spiro atoms. The number of hydrogen-bond donors (Lipinski definition) is 1. The van der Waals surface area contributed by atoms with Gasteiger partial charge in [0.15, 0.2) is 0 Å². The van der Waals surface area contributed by atoms with Gasteiger partial charge in [-0.15, -0.1) is 0 Å². The topological polar surface area (TPSA) is 25.2 Å². The first-order valence-electron chi connectivity index (χ1n) is 8.18. The fourth-order valence-corrected chi connectivity index (χ4v) is 3.89. The highest BCUT2D eigenvalue weighted by molar-refractivity contribution is 5.28. The highest BCUT2D eigenvalue weighted by atomic mass is 16.3. The van der Waals surface area contributed by atoms with Crippen LogP contribution in [0.2, 0.25) is 0 Å². The third kappa shape index (κ3) is 2.53. The van der Waals surface area contributed by atoms with E-state index in [-0.39, 0.29) is 0 Å². The zero-order valence-electron chi connectivity index (χ0n) is 12.6. The number of aryl methyl sites for hydroxylation is 2.